The Labute approximate surface area is 135 Å². The third-order valence-corrected chi connectivity index (χ3v) is 3.98. The van der Waals surface area contributed by atoms with Crippen molar-refractivity contribution in [3.05, 3.63) is 70.8 Å². The van der Waals surface area contributed by atoms with Gasteiger partial charge in [-0.05, 0) is 35.4 Å². The molecule has 118 valence electrons. The molecule has 0 heterocycles. The molecule has 0 aliphatic heterocycles. The number of carbonyl (C=O) groups is 1. The van der Waals surface area contributed by atoms with Gasteiger partial charge in [0.1, 0.15) is 0 Å². The van der Waals surface area contributed by atoms with E-state index in [1.165, 1.54) is 0 Å². The number of rotatable bonds is 5. The first-order valence-corrected chi connectivity index (χ1v) is 8.97. The molecule has 23 heavy (non-hydrogen) atoms. The van der Waals surface area contributed by atoms with Crippen LogP contribution >= 0.6 is 0 Å². The molecule has 0 radical (unpaired) electrons. The second-order valence-electron chi connectivity index (χ2n) is 5.27. The van der Waals surface area contributed by atoms with E-state index in [-0.39, 0.29) is 11.7 Å². The molecule has 0 aliphatic carbocycles. The zero-order valence-electron chi connectivity index (χ0n) is 12.6. The van der Waals surface area contributed by atoms with Crippen molar-refractivity contribution in [2.45, 2.75) is 12.3 Å². The highest BCUT2D eigenvalue weighted by Gasteiger charge is 2.09. The summed E-state index contributed by atoms with van der Waals surface area (Å²) in [6.45, 7) is 0.296. The Morgan fingerprint density at radius 3 is 2.52 bits per heavy atom. The molecule has 1 N–H and O–H groups in total. The molecule has 0 saturated carbocycles. The van der Waals surface area contributed by atoms with Crippen LogP contribution in [0.3, 0.4) is 0 Å². The molecule has 0 spiro atoms. The van der Waals surface area contributed by atoms with E-state index in [1.807, 2.05) is 12.1 Å². The molecule has 0 atom stereocenters. The fourth-order valence-corrected chi connectivity index (χ4v) is 2.93. The smallest absolute Gasteiger partial charge is 0.251 e. The average molecular weight is 328 g/mol. The van der Waals surface area contributed by atoms with Crippen LogP contribution in [0.25, 0.3) is 0 Å². The van der Waals surface area contributed by atoms with E-state index >= 15 is 0 Å². The summed E-state index contributed by atoms with van der Waals surface area (Å²) >= 11 is 0. The molecular weight excluding hydrogens is 312 g/mol. The van der Waals surface area contributed by atoms with Gasteiger partial charge in [-0.1, -0.05) is 24.3 Å². The van der Waals surface area contributed by atoms with E-state index in [0.717, 1.165) is 11.8 Å². The molecule has 1 amide bonds. The molecule has 2 aromatic carbocycles. The molecule has 2 rings (SSSR count). The highest BCUT2D eigenvalue weighted by atomic mass is 32.2. The van der Waals surface area contributed by atoms with Gasteiger partial charge < -0.3 is 5.32 Å². The summed E-state index contributed by atoms with van der Waals surface area (Å²) in [6.07, 6.45) is 1.15. The lowest BCUT2D eigenvalue weighted by molar-refractivity contribution is 0.0951. The third-order valence-electron chi connectivity index (χ3n) is 3.13. The Morgan fingerprint density at radius 2 is 1.83 bits per heavy atom. The Balaban J connectivity index is 2.06. The first kappa shape index (κ1) is 16.7. The Morgan fingerprint density at radius 1 is 1.13 bits per heavy atom. The number of nitrogens with one attached hydrogen (secondary N) is 1. The highest BCUT2D eigenvalue weighted by molar-refractivity contribution is 7.89. The number of sulfone groups is 1. The van der Waals surface area contributed by atoms with Gasteiger partial charge in [0.05, 0.1) is 17.4 Å². The zero-order chi connectivity index (χ0) is 16.9. The summed E-state index contributed by atoms with van der Waals surface area (Å²) < 4.78 is 22.7. The summed E-state index contributed by atoms with van der Waals surface area (Å²) in [5.41, 5.74) is 2.34. The van der Waals surface area contributed by atoms with Crippen LogP contribution in [0.5, 0.6) is 0 Å². The molecular formula is C17H16N2O3S. The van der Waals surface area contributed by atoms with Gasteiger partial charge in [0.2, 0.25) is 0 Å². The molecule has 5 nitrogen and oxygen atoms in total. The van der Waals surface area contributed by atoms with Crippen LogP contribution in [0.15, 0.2) is 48.5 Å². The minimum Gasteiger partial charge on any atom is -0.348 e. The predicted molar refractivity (Wildman–Crippen MR) is 87.3 cm³/mol. The third kappa shape index (κ3) is 5.24. The van der Waals surface area contributed by atoms with Crippen LogP contribution in [0.1, 0.15) is 27.0 Å². The van der Waals surface area contributed by atoms with Gasteiger partial charge in [-0.15, -0.1) is 0 Å². The summed E-state index contributed by atoms with van der Waals surface area (Å²) in [7, 11) is -3.14. The van der Waals surface area contributed by atoms with E-state index in [2.05, 4.69) is 5.32 Å². The second kappa shape index (κ2) is 7.07. The maximum atomic E-state index is 12.2. The summed E-state index contributed by atoms with van der Waals surface area (Å²) in [6, 6.07) is 15.6. The van der Waals surface area contributed by atoms with Crippen LogP contribution < -0.4 is 5.32 Å². The Bertz CT molecular complexity index is 867. The van der Waals surface area contributed by atoms with Crippen LogP contribution in [-0.2, 0) is 22.1 Å². The fraction of sp³-hybridized carbons (Fsp3) is 0.176. The molecule has 0 unspecified atom stereocenters. The molecule has 0 aromatic heterocycles. The van der Waals surface area contributed by atoms with Gasteiger partial charge in [-0.2, -0.15) is 5.26 Å². The fourth-order valence-electron chi connectivity index (χ4n) is 2.14. The van der Waals surface area contributed by atoms with Gasteiger partial charge in [0.25, 0.3) is 5.91 Å². The van der Waals surface area contributed by atoms with Gasteiger partial charge in [-0.25, -0.2) is 8.42 Å². The Hall–Kier alpha value is -2.65. The number of carbonyl (C=O) groups excluding carboxylic acids is 1. The molecule has 0 fully saturated rings. The van der Waals surface area contributed by atoms with Gasteiger partial charge in [0.15, 0.2) is 9.84 Å². The van der Waals surface area contributed by atoms with Crippen molar-refractivity contribution in [1.82, 2.24) is 5.32 Å². The number of hydrogen-bond donors (Lipinski definition) is 1. The lowest BCUT2D eigenvalue weighted by Crippen LogP contribution is -2.23. The van der Waals surface area contributed by atoms with Crippen molar-refractivity contribution in [1.29, 1.82) is 5.26 Å². The van der Waals surface area contributed by atoms with Gasteiger partial charge in [0, 0.05) is 18.4 Å². The summed E-state index contributed by atoms with van der Waals surface area (Å²) in [5, 5.41) is 11.6. The number of nitriles is 1. The molecule has 6 heteroatoms. The topological polar surface area (TPSA) is 87.0 Å². The Kier molecular flexibility index (Phi) is 5.14. The molecule has 2 aromatic rings. The second-order valence-corrected chi connectivity index (χ2v) is 7.41. The van der Waals surface area contributed by atoms with Crippen LogP contribution in [0, 0.1) is 11.3 Å². The SMILES string of the molecule is CS(=O)(=O)Cc1cccc(C(=O)NCc2cccc(C#N)c2)c1. The molecule has 0 saturated heterocycles. The van der Waals surface area contributed by atoms with Gasteiger partial charge >= 0.3 is 0 Å². The van der Waals surface area contributed by atoms with E-state index in [9.17, 15) is 13.2 Å². The van der Waals surface area contributed by atoms with Gasteiger partial charge in [-0.3, -0.25) is 4.79 Å². The number of hydrogen-bond acceptors (Lipinski definition) is 4. The van der Waals surface area contributed by atoms with Crippen molar-refractivity contribution >= 4 is 15.7 Å². The molecule has 0 bridgehead atoms. The van der Waals surface area contributed by atoms with Crippen LogP contribution in [0.2, 0.25) is 0 Å². The normalized spacial score (nSPS) is 10.8. The van der Waals surface area contributed by atoms with Crippen LogP contribution in [0.4, 0.5) is 0 Å². The van der Waals surface area contributed by atoms with Crippen molar-refractivity contribution in [2.24, 2.45) is 0 Å². The minimum absolute atomic E-state index is 0.0989. The van der Waals surface area contributed by atoms with E-state index < -0.39 is 9.84 Å². The van der Waals surface area contributed by atoms with Crippen molar-refractivity contribution in [3.8, 4) is 6.07 Å². The lowest BCUT2D eigenvalue weighted by Gasteiger charge is -2.07. The quantitative estimate of drug-likeness (QED) is 0.910. The largest absolute Gasteiger partial charge is 0.348 e. The monoisotopic (exact) mass is 328 g/mol. The average Bonchev–Trinajstić information content (AvgIpc) is 2.51. The summed E-state index contributed by atoms with van der Waals surface area (Å²) in [4.78, 5) is 12.2. The first-order valence-electron chi connectivity index (χ1n) is 6.91. The maximum Gasteiger partial charge on any atom is 0.251 e. The minimum atomic E-state index is -3.14. The number of nitrogens with zero attached hydrogens (tertiary/aromatic N) is 1. The first-order chi connectivity index (χ1) is 10.9. The predicted octanol–water partition coefficient (Wildman–Crippen LogP) is 2.03. The standard InChI is InChI=1S/C17H16N2O3S/c1-23(21,22)12-15-6-3-7-16(9-15)17(20)19-11-14-5-2-4-13(8-14)10-18/h2-9H,11-12H2,1H3,(H,19,20). The van der Waals surface area contributed by atoms with E-state index in [0.29, 0.717) is 23.2 Å². The van der Waals surface area contributed by atoms with E-state index in [1.54, 1.807) is 42.5 Å². The van der Waals surface area contributed by atoms with Crippen molar-refractivity contribution < 1.29 is 13.2 Å². The van der Waals surface area contributed by atoms with E-state index in [4.69, 9.17) is 5.26 Å². The highest BCUT2D eigenvalue weighted by Crippen LogP contribution is 2.10. The van der Waals surface area contributed by atoms with Crippen molar-refractivity contribution in [3.63, 3.8) is 0 Å². The zero-order valence-corrected chi connectivity index (χ0v) is 13.4. The number of benzene rings is 2. The lowest BCUT2D eigenvalue weighted by atomic mass is 10.1. The number of amides is 1. The summed E-state index contributed by atoms with van der Waals surface area (Å²) in [5.74, 6) is -0.388. The van der Waals surface area contributed by atoms with Crippen LogP contribution in [-0.4, -0.2) is 20.6 Å². The maximum absolute atomic E-state index is 12.2. The molecule has 0 aliphatic rings. The van der Waals surface area contributed by atoms with Crippen molar-refractivity contribution in [2.75, 3.05) is 6.26 Å².